The standard InChI is InChI=1S/C3H4NOS/c1-2-4-3(5)6/h2H,1H2,(H,4,5). The van der Waals surface area contributed by atoms with E-state index in [0.717, 1.165) is 0 Å². The summed E-state index contributed by atoms with van der Waals surface area (Å²) in [6.07, 6.45) is 1.25. The van der Waals surface area contributed by atoms with Crippen LogP contribution in [0.25, 0.3) is 0 Å². The van der Waals surface area contributed by atoms with Crippen LogP contribution in [0.2, 0.25) is 0 Å². The molecule has 0 fully saturated rings. The van der Waals surface area contributed by atoms with Gasteiger partial charge in [-0.2, -0.15) is 0 Å². The van der Waals surface area contributed by atoms with E-state index in [1.807, 2.05) is 0 Å². The molecule has 3 heteroatoms. The highest BCUT2D eigenvalue weighted by atomic mass is 32.1. The molecule has 33 valence electrons. The van der Waals surface area contributed by atoms with Crippen molar-refractivity contribution >= 4 is 17.9 Å². The molecule has 0 spiro atoms. The number of rotatable bonds is 1. The maximum Gasteiger partial charge on any atom is 0.314 e. The fourth-order valence-corrected chi connectivity index (χ4v) is 0.167. The Morgan fingerprint density at radius 1 is 2.00 bits per heavy atom. The van der Waals surface area contributed by atoms with Gasteiger partial charge in [0.2, 0.25) is 0 Å². The summed E-state index contributed by atoms with van der Waals surface area (Å²) in [7, 11) is 0. The van der Waals surface area contributed by atoms with E-state index in [1.54, 1.807) is 0 Å². The Kier molecular flexibility index (Phi) is 2.40. The predicted octanol–water partition coefficient (Wildman–Crippen LogP) is 1.04. The number of hydrogen-bond donors (Lipinski definition) is 1. The maximum absolute atomic E-state index is 9.68. The second-order valence-electron chi connectivity index (χ2n) is 0.636. The highest BCUT2D eigenvalue weighted by Crippen LogP contribution is 1.71. The van der Waals surface area contributed by atoms with Gasteiger partial charge in [-0.05, 0) is 18.8 Å². The van der Waals surface area contributed by atoms with E-state index < -0.39 is 5.24 Å². The predicted molar refractivity (Wildman–Crippen MR) is 26.3 cm³/mol. The van der Waals surface area contributed by atoms with Gasteiger partial charge in [0, 0.05) is 0 Å². The minimum atomic E-state index is -0.495. The molecular formula is C3H4NOS. The van der Waals surface area contributed by atoms with Crippen LogP contribution in [0.1, 0.15) is 0 Å². The molecule has 0 atom stereocenters. The quantitative estimate of drug-likeness (QED) is 0.526. The Hall–Kier alpha value is -0.570. The fraction of sp³-hybridized carbons (Fsp3) is 0. The zero-order valence-corrected chi connectivity index (χ0v) is 3.92. The Labute approximate surface area is 41.6 Å². The molecule has 2 nitrogen and oxygen atoms in total. The van der Waals surface area contributed by atoms with Gasteiger partial charge in [0.1, 0.15) is 0 Å². The Morgan fingerprint density at radius 3 is 2.50 bits per heavy atom. The maximum atomic E-state index is 9.68. The third kappa shape index (κ3) is 3.43. The molecule has 0 aliphatic carbocycles. The van der Waals surface area contributed by atoms with Crippen LogP contribution in [-0.4, -0.2) is 5.24 Å². The first-order chi connectivity index (χ1) is 2.77. The lowest BCUT2D eigenvalue weighted by Crippen LogP contribution is -2.05. The van der Waals surface area contributed by atoms with Gasteiger partial charge in [0.15, 0.2) is 0 Å². The molecule has 0 bridgehead atoms. The molecule has 0 saturated carbocycles. The van der Waals surface area contributed by atoms with Crippen LogP contribution in [0.4, 0.5) is 4.79 Å². The van der Waals surface area contributed by atoms with Gasteiger partial charge in [-0.3, -0.25) is 4.79 Å². The molecule has 1 radical (unpaired) electrons. The smallest absolute Gasteiger partial charge is 0.314 e. The van der Waals surface area contributed by atoms with E-state index in [4.69, 9.17) is 0 Å². The Morgan fingerprint density at radius 2 is 2.50 bits per heavy atom. The molecule has 6 heavy (non-hydrogen) atoms. The third-order valence-corrected chi connectivity index (χ3v) is 0.338. The van der Waals surface area contributed by atoms with Crippen molar-refractivity contribution in [1.29, 1.82) is 0 Å². The van der Waals surface area contributed by atoms with Crippen molar-refractivity contribution in [3.8, 4) is 0 Å². The number of nitrogens with one attached hydrogen (secondary N) is 1. The molecule has 1 N–H and O–H groups in total. The first-order valence-corrected chi connectivity index (χ1v) is 1.76. The van der Waals surface area contributed by atoms with Crippen molar-refractivity contribution < 1.29 is 4.79 Å². The van der Waals surface area contributed by atoms with Crippen LogP contribution >= 0.6 is 12.6 Å². The third-order valence-electron chi connectivity index (χ3n) is 0.220. The van der Waals surface area contributed by atoms with Gasteiger partial charge in [-0.15, -0.1) is 0 Å². The van der Waals surface area contributed by atoms with Crippen LogP contribution < -0.4 is 5.32 Å². The monoisotopic (exact) mass is 102 g/mol. The molecule has 0 aliphatic rings. The highest BCUT2D eigenvalue weighted by Gasteiger charge is 1.80. The van der Waals surface area contributed by atoms with E-state index >= 15 is 0 Å². The van der Waals surface area contributed by atoms with Crippen molar-refractivity contribution in [2.24, 2.45) is 0 Å². The van der Waals surface area contributed by atoms with Gasteiger partial charge < -0.3 is 5.32 Å². The minimum absolute atomic E-state index is 0.495. The zero-order valence-electron chi connectivity index (χ0n) is 3.10. The summed E-state index contributed by atoms with van der Waals surface area (Å²) in [5.74, 6) is 0. The minimum Gasteiger partial charge on any atom is -0.320 e. The molecule has 0 aromatic heterocycles. The summed E-state index contributed by atoms with van der Waals surface area (Å²) in [5.41, 5.74) is 0. The van der Waals surface area contributed by atoms with Gasteiger partial charge in [-0.25, -0.2) is 0 Å². The average molecular weight is 102 g/mol. The van der Waals surface area contributed by atoms with Crippen molar-refractivity contribution in [2.75, 3.05) is 0 Å². The highest BCUT2D eigenvalue weighted by molar-refractivity contribution is 7.96. The fourth-order valence-electron chi connectivity index (χ4n) is 0.0833. The lowest BCUT2D eigenvalue weighted by atomic mass is 11.0. The summed E-state index contributed by atoms with van der Waals surface area (Å²) in [5, 5.41) is 1.65. The second-order valence-corrected chi connectivity index (χ2v) is 1.01. The Bertz CT molecular complexity index is 71.2. The lowest BCUT2D eigenvalue weighted by molar-refractivity contribution is 0.263. The first kappa shape index (κ1) is 5.43. The zero-order chi connectivity index (χ0) is 4.99. The van der Waals surface area contributed by atoms with E-state index in [9.17, 15) is 4.79 Å². The van der Waals surface area contributed by atoms with Crippen molar-refractivity contribution in [1.82, 2.24) is 5.32 Å². The number of amides is 1. The molecule has 0 aromatic rings. The molecule has 0 rings (SSSR count). The molecule has 0 saturated heterocycles. The van der Waals surface area contributed by atoms with Gasteiger partial charge in [0.05, 0.1) is 0 Å². The normalized spacial score (nSPS) is 6.67. The molecule has 0 aromatic carbocycles. The van der Waals surface area contributed by atoms with E-state index in [-0.39, 0.29) is 0 Å². The number of carbonyl (C=O) groups is 1. The number of carbonyl (C=O) groups excluding carboxylic acids is 1. The second kappa shape index (κ2) is 2.66. The summed E-state index contributed by atoms with van der Waals surface area (Å²) in [6.45, 7) is 3.20. The SMILES string of the molecule is C=CNC(=O)[S]. The van der Waals surface area contributed by atoms with Crippen LogP contribution in [0.5, 0.6) is 0 Å². The van der Waals surface area contributed by atoms with Crippen LogP contribution in [0, 0.1) is 0 Å². The molecule has 1 amide bonds. The van der Waals surface area contributed by atoms with Crippen LogP contribution in [0.3, 0.4) is 0 Å². The summed E-state index contributed by atoms with van der Waals surface area (Å²) in [6, 6.07) is 0. The van der Waals surface area contributed by atoms with Gasteiger partial charge >= 0.3 is 5.24 Å². The van der Waals surface area contributed by atoms with E-state index in [2.05, 4.69) is 24.5 Å². The number of hydrogen-bond acceptors (Lipinski definition) is 1. The summed E-state index contributed by atoms with van der Waals surface area (Å²) in [4.78, 5) is 9.68. The van der Waals surface area contributed by atoms with E-state index in [0.29, 0.717) is 0 Å². The van der Waals surface area contributed by atoms with Crippen molar-refractivity contribution in [3.63, 3.8) is 0 Å². The summed E-state index contributed by atoms with van der Waals surface area (Å²) >= 11 is 4.06. The molecule has 0 aliphatic heterocycles. The Balaban J connectivity index is 3.05. The van der Waals surface area contributed by atoms with E-state index in [1.165, 1.54) is 6.20 Å². The largest absolute Gasteiger partial charge is 0.320 e. The average Bonchev–Trinajstić information content (AvgIpc) is 1.35. The first-order valence-electron chi connectivity index (χ1n) is 1.36. The molecule has 0 unspecified atom stereocenters. The molecular weight excluding hydrogens is 98.1 g/mol. The van der Waals surface area contributed by atoms with Gasteiger partial charge in [-0.1, -0.05) is 6.58 Å². The van der Waals surface area contributed by atoms with Crippen LogP contribution in [-0.2, 0) is 0 Å². The topological polar surface area (TPSA) is 29.1 Å². The van der Waals surface area contributed by atoms with Crippen molar-refractivity contribution in [3.05, 3.63) is 12.8 Å². The molecule has 0 heterocycles. The lowest BCUT2D eigenvalue weighted by Gasteiger charge is -1.80. The van der Waals surface area contributed by atoms with Crippen molar-refractivity contribution in [2.45, 2.75) is 0 Å². The van der Waals surface area contributed by atoms with Crippen LogP contribution in [0.15, 0.2) is 12.8 Å². The summed E-state index contributed by atoms with van der Waals surface area (Å²) < 4.78 is 0. The van der Waals surface area contributed by atoms with Gasteiger partial charge in [0.25, 0.3) is 0 Å².